The summed E-state index contributed by atoms with van der Waals surface area (Å²) in [4.78, 5) is 13.8. The molecule has 0 rings (SSSR count). The lowest BCUT2D eigenvalue weighted by Gasteiger charge is -2.09. The third-order valence-electron chi connectivity index (χ3n) is 1.08. The molecule has 4 heteroatoms. The minimum Gasteiger partial charge on any atom is -0.318 e. The first kappa shape index (κ1) is 8.39. The molecule has 0 aliphatic carbocycles. The molecule has 4 nitrogen and oxygen atoms in total. The largest absolute Gasteiger partial charge is 0.358 e. The predicted molar refractivity (Wildman–Crippen MR) is 31.5 cm³/mol. The Kier molecular flexibility index (Phi) is 3.19. The quantitative estimate of drug-likeness (QED) is 0.410. The molecule has 0 saturated carbocycles. The van der Waals surface area contributed by atoms with Crippen LogP contribution in [0, 0.1) is 5.92 Å². The maximum absolute atomic E-state index is 10.4. The second-order valence-corrected chi connectivity index (χ2v) is 2.18. The SMILES string of the molecule is CC(C)C(N)C(=O)OO. The normalized spacial score (nSPS) is 13.4. The number of carbonyl (C=O) groups excluding carboxylic acids is 1. The van der Waals surface area contributed by atoms with Gasteiger partial charge in [-0.2, -0.15) is 5.26 Å². The highest BCUT2D eigenvalue weighted by Gasteiger charge is 2.18. The summed E-state index contributed by atoms with van der Waals surface area (Å²) in [6, 6.07) is -0.727. The van der Waals surface area contributed by atoms with E-state index in [-0.39, 0.29) is 5.92 Å². The minimum absolute atomic E-state index is 0.00958. The Hall–Kier alpha value is -0.610. The van der Waals surface area contributed by atoms with Crippen LogP contribution in [0.1, 0.15) is 13.8 Å². The zero-order valence-corrected chi connectivity index (χ0v) is 5.50. The zero-order valence-electron chi connectivity index (χ0n) is 5.50. The molecule has 0 saturated heterocycles. The second-order valence-electron chi connectivity index (χ2n) is 2.18. The lowest BCUT2D eigenvalue weighted by atomic mass is 10.1. The van der Waals surface area contributed by atoms with Crippen LogP contribution in [-0.4, -0.2) is 17.3 Å². The summed E-state index contributed by atoms with van der Waals surface area (Å²) in [6.07, 6.45) is 0. The molecule has 0 aromatic carbocycles. The van der Waals surface area contributed by atoms with Crippen LogP contribution in [-0.2, 0) is 9.68 Å². The molecule has 3 N–H and O–H groups in total. The molecule has 1 atom stereocenters. The Labute approximate surface area is 53.5 Å². The van der Waals surface area contributed by atoms with E-state index in [1.165, 1.54) is 0 Å². The van der Waals surface area contributed by atoms with Gasteiger partial charge in [-0.25, -0.2) is 4.79 Å². The van der Waals surface area contributed by atoms with Gasteiger partial charge < -0.3 is 5.73 Å². The molecule has 0 aliphatic heterocycles. The van der Waals surface area contributed by atoms with Crippen molar-refractivity contribution in [3.05, 3.63) is 0 Å². The van der Waals surface area contributed by atoms with Crippen molar-refractivity contribution in [2.24, 2.45) is 11.7 Å². The van der Waals surface area contributed by atoms with Gasteiger partial charge in [0.15, 0.2) is 0 Å². The van der Waals surface area contributed by atoms with E-state index >= 15 is 0 Å². The molecule has 9 heavy (non-hydrogen) atoms. The van der Waals surface area contributed by atoms with Gasteiger partial charge in [-0.3, -0.25) is 4.89 Å². The fraction of sp³-hybridized carbons (Fsp3) is 0.800. The van der Waals surface area contributed by atoms with Crippen LogP contribution in [0.3, 0.4) is 0 Å². The molecule has 0 aromatic heterocycles. The topological polar surface area (TPSA) is 72.6 Å². The van der Waals surface area contributed by atoms with Crippen molar-refractivity contribution in [1.29, 1.82) is 0 Å². The smallest absolute Gasteiger partial charge is 0.318 e. The van der Waals surface area contributed by atoms with Crippen molar-refractivity contribution < 1.29 is 14.9 Å². The molecular weight excluding hydrogens is 122 g/mol. The van der Waals surface area contributed by atoms with Gasteiger partial charge in [0, 0.05) is 0 Å². The molecule has 0 fully saturated rings. The standard InChI is InChI=1S/C5H11NO3/c1-3(2)4(6)5(7)9-8/h3-4,8H,6H2,1-2H3. The summed E-state index contributed by atoms with van der Waals surface area (Å²) in [5.74, 6) is -0.797. The van der Waals surface area contributed by atoms with Crippen LogP contribution in [0.4, 0.5) is 0 Å². The first-order chi connectivity index (χ1) is 4.09. The Morgan fingerprint density at radius 2 is 2.11 bits per heavy atom. The minimum atomic E-state index is -0.787. The third-order valence-corrected chi connectivity index (χ3v) is 1.08. The van der Waals surface area contributed by atoms with Gasteiger partial charge in [-0.15, -0.1) is 0 Å². The maximum atomic E-state index is 10.4. The number of hydrogen-bond donors (Lipinski definition) is 2. The third kappa shape index (κ3) is 2.43. The number of nitrogens with two attached hydrogens (primary N) is 1. The first-order valence-corrected chi connectivity index (χ1v) is 2.70. The van der Waals surface area contributed by atoms with Gasteiger partial charge in [0.2, 0.25) is 0 Å². The molecule has 0 radical (unpaired) electrons. The van der Waals surface area contributed by atoms with E-state index in [2.05, 4.69) is 4.89 Å². The number of hydrogen-bond acceptors (Lipinski definition) is 4. The van der Waals surface area contributed by atoms with Gasteiger partial charge in [0.25, 0.3) is 0 Å². The monoisotopic (exact) mass is 133 g/mol. The lowest BCUT2D eigenvalue weighted by molar-refractivity contribution is -0.236. The summed E-state index contributed by atoms with van der Waals surface area (Å²) in [5.41, 5.74) is 5.24. The summed E-state index contributed by atoms with van der Waals surface area (Å²) < 4.78 is 0. The molecular formula is C5H11NO3. The van der Waals surface area contributed by atoms with Crippen LogP contribution in [0.15, 0.2) is 0 Å². The van der Waals surface area contributed by atoms with Crippen LogP contribution < -0.4 is 5.73 Å². The van der Waals surface area contributed by atoms with Crippen molar-refractivity contribution in [2.75, 3.05) is 0 Å². The van der Waals surface area contributed by atoms with Gasteiger partial charge in [0.05, 0.1) is 0 Å². The zero-order chi connectivity index (χ0) is 7.44. The lowest BCUT2D eigenvalue weighted by Crippen LogP contribution is -2.36. The van der Waals surface area contributed by atoms with E-state index in [1.54, 1.807) is 13.8 Å². The van der Waals surface area contributed by atoms with Crippen LogP contribution in [0.5, 0.6) is 0 Å². The van der Waals surface area contributed by atoms with Gasteiger partial charge in [-0.1, -0.05) is 13.8 Å². The number of carbonyl (C=O) groups is 1. The fourth-order valence-corrected chi connectivity index (χ4v) is 0.333. The highest BCUT2D eigenvalue weighted by molar-refractivity contribution is 5.74. The Morgan fingerprint density at radius 1 is 1.67 bits per heavy atom. The Morgan fingerprint density at radius 3 is 2.22 bits per heavy atom. The van der Waals surface area contributed by atoms with E-state index in [1.807, 2.05) is 0 Å². The van der Waals surface area contributed by atoms with Crippen molar-refractivity contribution in [2.45, 2.75) is 19.9 Å². The molecule has 1 unspecified atom stereocenters. The van der Waals surface area contributed by atoms with E-state index in [9.17, 15) is 4.79 Å². The number of rotatable bonds is 2. The highest BCUT2D eigenvalue weighted by atomic mass is 17.1. The molecule has 0 spiro atoms. The summed E-state index contributed by atoms with van der Waals surface area (Å²) in [7, 11) is 0. The van der Waals surface area contributed by atoms with Gasteiger partial charge >= 0.3 is 5.97 Å². The summed E-state index contributed by atoms with van der Waals surface area (Å²) in [5, 5.41) is 7.82. The van der Waals surface area contributed by atoms with Crippen LogP contribution in [0.25, 0.3) is 0 Å². The van der Waals surface area contributed by atoms with E-state index in [0.29, 0.717) is 0 Å². The van der Waals surface area contributed by atoms with Gasteiger partial charge in [0.1, 0.15) is 6.04 Å². The predicted octanol–water partition coefficient (Wildman–Crippen LogP) is -0.0141. The summed E-state index contributed by atoms with van der Waals surface area (Å²) in [6.45, 7) is 3.53. The molecule has 0 aliphatic rings. The van der Waals surface area contributed by atoms with Crippen LogP contribution in [0.2, 0.25) is 0 Å². The molecule has 0 heterocycles. The van der Waals surface area contributed by atoms with Crippen molar-refractivity contribution in [3.63, 3.8) is 0 Å². The highest BCUT2D eigenvalue weighted by Crippen LogP contribution is 1.98. The average molecular weight is 133 g/mol. The van der Waals surface area contributed by atoms with Crippen molar-refractivity contribution in [3.8, 4) is 0 Å². The van der Waals surface area contributed by atoms with E-state index in [4.69, 9.17) is 11.0 Å². The maximum Gasteiger partial charge on any atom is 0.358 e. The van der Waals surface area contributed by atoms with Crippen molar-refractivity contribution in [1.82, 2.24) is 0 Å². The van der Waals surface area contributed by atoms with E-state index in [0.717, 1.165) is 0 Å². The molecule has 0 amide bonds. The Bertz CT molecular complexity index is 102. The summed E-state index contributed by atoms with van der Waals surface area (Å²) >= 11 is 0. The van der Waals surface area contributed by atoms with Crippen molar-refractivity contribution >= 4 is 5.97 Å². The Balaban J connectivity index is 3.72. The van der Waals surface area contributed by atoms with Gasteiger partial charge in [-0.05, 0) is 5.92 Å². The van der Waals surface area contributed by atoms with E-state index < -0.39 is 12.0 Å². The first-order valence-electron chi connectivity index (χ1n) is 2.70. The molecule has 0 bridgehead atoms. The fourth-order valence-electron chi connectivity index (χ4n) is 0.333. The second kappa shape index (κ2) is 3.42. The molecule has 54 valence electrons. The average Bonchev–Trinajstić information content (AvgIpc) is 1.84. The molecule has 0 aromatic rings. The van der Waals surface area contributed by atoms with Crippen LogP contribution >= 0.6 is 0 Å².